The summed E-state index contributed by atoms with van der Waals surface area (Å²) in [7, 11) is 1.61. The molecule has 2 heterocycles. The van der Waals surface area contributed by atoms with E-state index >= 15 is 0 Å². The van der Waals surface area contributed by atoms with Crippen LogP contribution in [0.25, 0.3) is 0 Å². The van der Waals surface area contributed by atoms with Gasteiger partial charge in [0.2, 0.25) is 6.10 Å². The van der Waals surface area contributed by atoms with Crippen molar-refractivity contribution < 1.29 is 14.4 Å². The van der Waals surface area contributed by atoms with E-state index < -0.39 is 6.10 Å². The van der Waals surface area contributed by atoms with Gasteiger partial charge in [0.15, 0.2) is 5.82 Å². The third-order valence-corrected chi connectivity index (χ3v) is 3.34. The van der Waals surface area contributed by atoms with Crippen LogP contribution in [0.3, 0.4) is 0 Å². The number of carbonyl (C=O) groups is 1. The van der Waals surface area contributed by atoms with Crippen molar-refractivity contribution in [2.75, 3.05) is 12.4 Å². The van der Waals surface area contributed by atoms with Crippen LogP contribution >= 0.6 is 0 Å². The molecule has 0 spiro atoms. The van der Waals surface area contributed by atoms with Gasteiger partial charge in [0.1, 0.15) is 5.75 Å². The fraction of sp³-hybridized carbons (Fsp3) is 0.267. The molecule has 0 saturated heterocycles. The van der Waals surface area contributed by atoms with E-state index in [1.54, 1.807) is 13.2 Å². The zero-order valence-electron chi connectivity index (χ0n) is 12.3. The fourth-order valence-electron chi connectivity index (χ4n) is 2.16. The van der Waals surface area contributed by atoms with E-state index in [0.29, 0.717) is 12.2 Å². The largest absolute Gasteiger partial charge is 0.497 e. The maximum Gasteiger partial charge on any atom is 0.269 e. The van der Waals surface area contributed by atoms with Crippen molar-refractivity contribution in [3.63, 3.8) is 0 Å². The number of oxime groups is 1. The molecule has 114 valence electrons. The Labute approximate surface area is 127 Å². The van der Waals surface area contributed by atoms with Crippen molar-refractivity contribution in [3.8, 4) is 5.75 Å². The molecule has 1 amide bonds. The molecule has 1 aromatic heterocycles. The van der Waals surface area contributed by atoms with Crippen LogP contribution in [-0.2, 0) is 9.63 Å². The zero-order chi connectivity index (χ0) is 15.5. The molecule has 0 radical (unpaired) electrons. The van der Waals surface area contributed by atoms with Gasteiger partial charge in [-0.25, -0.2) is 0 Å². The van der Waals surface area contributed by atoms with Gasteiger partial charge < -0.3 is 14.9 Å². The van der Waals surface area contributed by atoms with Gasteiger partial charge in [-0.3, -0.25) is 9.89 Å². The monoisotopic (exact) mass is 300 g/mol. The van der Waals surface area contributed by atoms with Gasteiger partial charge in [0.05, 0.1) is 12.8 Å². The first kappa shape index (κ1) is 14.1. The molecule has 1 aliphatic heterocycles. The molecular formula is C15H16N4O3. The number of carbonyl (C=O) groups excluding carboxylic acids is 1. The lowest BCUT2D eigenvalue weighted by molar-refractivity contribution is -0.125. The molecule has 22 heavy (non-hydrogen) atoms. The van der Waals surface area contributed by atoms with Crippen LogP contribution in [0.1, 0.15) is 17.7 Å². The lowest BCUT2D eigenvalue weighted by atomic mass is 10.0. The highest BCUT2D eigenvalue weighted by Crippen LogP contribution is 2.20. The fourth-order valence-corrected chi connectivity index (χ4v) is 2.16. The van der Waals surface area contributed by atoms with Crippen molar-refractivity contribution in [3.05, 3.63) is 41.6 Å². The third kappa shape index (κ3) is 2.93. The van der Waals surface area contributed by atoms with E-state index in [-0.39, 0.29) is 5.91 Å². The molecule has 0 saturated carbocycles. The van der Waals surface area contributed by atoms with E-state index in [2.05, 4.69) is 20.7 Å². The number of nitrogens with zero attached hydrogens (tertiary/aromatic N) is 2. The van der Waals surface area contributed by atoms with Crippen LogP contribution in [0.4, 0.5) is 5.82 Å². The van der Waals surface area contributed by atoms with E-state index in [4.69, 9.17) is 9.57 Å². The molecule has 1 unspecified atom stereocenters. The van der Waals surface area contributed by atoms with Crippen LogP contribution in [0.2, 0.25) is 0 Å². The van der Waals surface area contributed by atoms with Crippen LogP contribution < -0.4 is 10.1 Å². The lowest BCUT2D eigenvalue weighted by Gasteiger charge is -2.07. The number of benzene rings is 1. The normalized spacial score (nSPS) is 16.8. The van der Waals surface area contributed by atoms with E-state index in [1.807, 2.05) is 31.2 Å². The minimum atomic E-state index is -0.644. The Bertz CT molecular complexity index is 706. The Morgan fingerprint density at radius 2 is 2.18 bits per heavy atom. The van der Waals surface area contributed by atoms with Gasteiger partial charge >= 0.3 is 0 Å². The van der Waals surface area contributed by atoms with Gasteiger partial charge in [-0.2, -0.15) is 5.10 Å². The second kappa shape index (κ2) is 5.88. The number of rotatable bonds is 4. The Hall–Kier alpha value is -2.83. The van der Waals surface area contributed by atoms with Crippen molar-refractivity contribution in [2.45, 2.75) is 19.4 Å². The van der Waals surface area contributed by atoms with Crippen LogP contribution in [0.5, 0.6) is 5.75 Å². The van der Waals surface area contributed by atoms with Gasteiger partial charge in [-0.1, -0.05) is 5.16 Å². The number of amides is 1. The summed E-state index contributed by atoms with van der Waals surface area (Å²) < 4.78 is 5.11. The summed E-state index contributed by atoms with van der Waals surface area (Å²) in [6.45, 7) is 1.86. The van der Waals surface area contributed by atoms with Gasteiger partial charge in [0, 0.05) is 18.2 Å². The number of hydrogen-bond acceptors (Lipinski definition) is 5. The quantitative estimate of drug-likeness (QED) is 0.902. The number of H-pyrrole nitrogens is 1. The van der Waals surface area contributed by atoms with Crippen molar-refractivity contribution in [1.82, 2.24) is 10.2 Å². The minimum absolute atomic E-state index is 0.265. The molecule has 3 rings (SSSR count). The molecule has 7 heteroatoms. The Kier molecular flexibility index (Phi) is 3.78. The number of ether oxygens (including phenoxy) is 1. The number of aromatic amines is 1. The maximum absolute atomic E-state index is 12.1. The third-order valence-electron chi connectivity index (χ3n) is 3.34. The SMILES string of the molecule is COc1ccc(C2=NOC(C(=O)Nc3cc(C)[nH]n3)C2)cc1. The summed E-state index contributed by atoms with van der Waals surface area (Å²) in [5, 5.41) is 13.4. The average molecular weight is 300 g/mol. The summed E-state index contributed by atoms with van der Waals surface area (Å²) in [5.41, 5.74) is 2.52. The molecular weight excluding hydrogens is 284 g/mol. The second-order valence-electron chi connectivity index (χ2n) is 4.99. The van der Waals surface area contributed by atoms with Gasteiger partial charge in [0.25, 0.3) is 5.91 Å². The molecule has 2 aromatic rings. The highest BCUT2D eigenvalue weighted by molar-refractivity contribution is 6.06. The molecule has 0 bridgehead atoms. The second-order valence-corrected chi connectivity index (χ2v) is 4.99. The number of aryl methyl sites for hydroxylation is 1. The van der Waals surface area contributed by atoms with Gasteiger partial charge in [-0.15, -0.1) is 0 Å². The minimum Gasteiger partial charge on any atom is -0.497 e. The average Bonchev–Trinajstić information content (AvgIpc) is 3.17. The summed E-state index contributed by atoms with van der Waals surface area (Å²) in [6.07, 6.45) is -0.226. The standard InChI is InChI=1S/C15H16N4O3/c1-9-7-14(18-17-9)16-15(20)13-8-12(19-22-13)10-3-5-11(21-2)6-4-10/h3-7,13H,8H2,1-2H3,(H2,16,17,18,20). The molecule has 0 aliphatic carbocycles. The molecule has 7 nitrogen and oxygen atoms in total. The Morgan fingerprint density at radius 3 is 2.82 bits per heavy atom. The molecule has 1 aromatic carbocycles. The summed E-state index contributed by atoms with van der Waals surface area (Å²) in [4.78, 5) is 17.3. The number of aromatic nitrogens is 2. The highest BCUT2D eigenvalue weighted by Gasteiger charge is 2.29. The topological polar surface area (TPSA) is 88.6 Å². The van der Waals surface area contributed by atoms with Crippen LogP contribution in [0.15, 0.2) is 35.5 Å². The predicted octanol–water partition coefficient (Wildman–Crippen LogP) is 1.86. The Morgan fingerprint density at radius 1 is 1.41 bits per heavy atom. The first-order valence-corrected chi connectivity index (χ1v) is 6.85. The molecule has 0 fully saturated rings. The molecule has 1 aliphatic rings. The zero-order valence-corrected chi connectivity index (χ0v) is 12.3. The smallest absolute Gasteiger partial charge is 0.269 e. The first-order chi connectivity index (χ1) is 10.7. The van der Waals surface area contributed by atoms with Crippen molar-refractivity contribution in [1.29, 1.82) is 0 Å². The van der Waals surface area contributed by atoms with E-state index in [9.17, 15) is 4.79 Å². The number of nitrogens with one attached hydrogen (secondary N) is 2. The van der Waals surface area contributed by atoms with Crippen LogP contribution in [-0.4, -0.2) is 35.0 Å². The Balaban J connectivity index is 1.61. The summed E-state index contributed by atoms with van der Waals surface area (Å²) in [5.74, 6) is 0.981. The summed E-state index contributed by atoms with van der Waals surface area (Å²) >= 11 is 0. The van der Waals surface area contributed by atoms with E-state index in [1.165, 1.54) is 0 Å². The number of methoxy groups -OCH3 is 1. The van der Waals surface area contributed by atoms with E-state index in [0.717, 1.165) is 22.7 Å². The molecule has 1 atom stereocenters. The summed E-state index contributed by atoms with van der Waals surface area (Å²) in [6, 6.07) is 9.21. The van der Waals surface area contributed by atoms with Crippen molar-refractivity contribution in [2.24, 2.45) is 5.16 Å². The predicted molar refractivity (Wildman–Crippen MR) is 81.0 cm³/mol. The lowest BCUT2D eigenvalue weighted by Crippen LogP contribution is -2.28. The maximum atomic E-state index is 12.1. The van der Waals surface area contributed by atoms with Gasteiger partial charge in [-0.05, 0) is 36.8 Å². The van der Waals surface area contributed by atoms with Crippen LogP contribution in [0, 0.1) is 6.92 Å². The number of hydrogen-bond donors (Lipinski definition) is 2. The molecule has 2 N–H and O–H groups in total. The first-order valence-electron chi connectivity index (χ1n) is 6.85. The van der Waals surface area contributed by atoms with Crippen molar-refractivity contribution >= 4 is 17.4 Å². The number of anilines is 1. The highest BCUT2D eigenvalue weighted by atomic mass is 16.6.